The van der Waals surface area contributed by atoms with Gasteiger partial charge in [-0.3, -0.25) is 0 Å². The number of hydrogen-bond acceptors (Lipinski definition) is 4. The zero-order chi connectivity index (χ0) is 17.2. The fraction of sp³-hybridized carbons (Fsp3) is 0.368. The molecule has 3 aromatic rings. The number of aromatic nitrogens is 3. The zero-order valence-electron chi connectivity index (χ0n) is 14.2. The van der Waals surface area contributed by atoms with E-state index in [1.54, 1.807) is 11.8 Å². The molecule has 1 aliphatic carbocycles. The summed E-state index contributed by atoms with van der Waals surface area (Å²) in [6.45, 7) is 3.03. The lowest BCUT2D eigenvalue weighted by Gasteiger charge is -2.13. The summed E-state index contributed by atoms with van der Waals surface area (Å²) >= 11 is 9.86. The van der Waals surface area contributed by atoms with Crippen LogP contribution in [0.3, 0.4) is 0 Å². The van der Waals surface area contributed by atoms with Crippen LogP contribution >= 0.6 is 34.7 Å². The lowest BCUT2D eigenvalue weighted by atomic mass is 9.96. The van der Waals surface area contributed by atoms with Gasteiger partial charge in [-0.15, -0.1) is 21.5 Å². The van der Waals surface area contributed by atoms with Gasteiger partial charge in [-0.1, -0.05) is 41.6 Å². The molecule has 0 bridgehead atoms. The largest absolute Gasteiger partial charge is 0.302 e. The van der Waals surface area contributed by atoms with Crippen molar-refractivity contribution in [2.75, 3.05) is 0 Å². The first-order valence-electron chi connectivity index (χ1n) is 8.67. The van der Waals surface area contributed by atoms with Crippen molar-refractivity contribution >= 4 is 34.7 Å². The molecule has 0 fully saturated rings. The van der Waals surface area contributed by atoms with Gasteiger partial charge in [0.15, 0.2) is 11.0 Å². The van der Waals surface area contributed by atoms with E-state index >= 15 is 0 Å². The molecule has 1 aromatic carbocycles. The van der Waals surface area contributed by atoms with Crippen molar-refractivity contribution in [3.63, 3.8) is 0 Å². The third kappa shape index (κ3) is 3.37. The molecule has 0 atom stereocenters. The Morgan fingerprint density at radius 3 is 2.88 bits per heavy atom. The van der Waals surface area contributed by atoms with Crippen molar-refractivity contribution in [1.29, 1.82) is 0 Å². The summed E-state index contributed by atoms with van der Waals surface area (Å²) in [5, 5.41) is 13.1. The van der Waals surface area contributed by atoms with Crippen LogP contribution in [-0.2, 0) is 25.1 Å². The first-order chi connectivity index (χ1) is 12.3. The summed E-state index contributed by atoms with van der Waals surface area (Å²) in [4.78, 5) is 1.54. The molecule has 0 spiro atoms. The highest BCUT2D eigenvalue weighted by atomic mass is 35.5. The van der Waals surface area contributed by atoms with E-state index < -0.39 is 0 Å². The number of thiophene rings is 1. The van der Waals surface area contributed by atoms with E-state index in [0.717, 1.165) is 33.9 Å². The first-order valence-corrected chi connectivity index (χ1v) is 10.9. The molecule has 0 saturated carbocycles. The lowest BCUT2D eigenvalue weighted by Crippen LogP contribution is -2.03. The van der Waals surface area contributed by atoms with E-state index in [1.807, 2.05) is 29.5 Å². The van der Waals surface area contributed by atoms with E-state index in [9.17, 15) is 0 Å². The van der Waals surface area contributed by atoms with Crippen LogP contribution < -0.4 is 0 Å². The maximum absolute atomic E-state index is 6.28. The van der Waals surface area contributed by atoms with Crippen molar-refractivity contribution in [2.45, 2.75) is 50.1 Å². The fourth-order valence-electron chi connectivity index (χ4n) is 3.32. The predicted molar refractivity (Wildman–Crippen MR) is 107 cm³/mol. The Kier molecular flexibility index (Phi) is 5.15. The molecule has 0 unspecified atom stereocenters. The van der Waals surface area contributed by atoms with E-state index in [1.165, 1.54) is 41.7 Å². The quantitative estimate of drug-likeness (QED) is 0.512. The van der Waals surface area contributed by atoms with Crippen LogP contribution in [0.25, 0.3) is 11.4 Å². The van der Waals surface area contributed by atoms with E-state index in [0.29, 0.717) is 0 Å². The van der Waals surface area contributed by atoms with E-state index in [4.69, 9.17) is 11.6 Å². The van der Waals surface area contributed by atoms with Crippen LogP contribution in [0.15, 0.2) is 34.8 Å². The average Bonchev–Trinajstić information content (AvgIpc) is 3.24. The molecular formula is C19H20ClN3S2. The molecule has 0 N–H and O–H groups in total. The summed E-state index contributed by atoms with van der Waals surface area (Å²) < 4.78 is 2.23. The van der Waals surface area contributed by atoms with Crippen LogP contribution in [0.2, 0.25) is 5.02 Å². The monoisotopic (exact) mass is 389 g/mol. The molecule has 2 heterocycles. The second kappa shape index (κ2) is 7.52. The van der Waals surface area contributed by atoms with Gasteiger partial charge in [0.1, 0.15) is 0 Å². The number of benzene rings is 1. The summed E-state index contributed by atoms with van der Waals surface area (Å²) in [5.41, 5.74) is 3.92. The second-order valence-corrected chi connectivity index (χ2v) is 8.50. The fourth-order valence-corrected chi connectivity index (χ4v) is 5.73. The summed E-state index contributed by atoms with van der Waals surface area (Å²) in [7, 11) is 0. The number of thioether (sulfide) groups is 1. The Bertz CT molecular complexity index is 885. The Hall–Kier alpha value is -1.30. The van der Waals surface area contributed by atoms with Gasteiger partial charge in [-0.05, 0) is 49.8 Å². The Labute approximate surface area is 161 Å². The standard InChI is InChI=1S/C19H20ClN3S2/c1-2-23-18(15-12-24-17-10-6-4-8-14(15)17)21-22-19(23)25-11-13-7-3-5-9-16(13)20/h3,5,7,9,12H,2,4,6,8,10-11H2,1H3. The van der Waals surface area contributed by atoms with Gasteiger partial charge in [-0.25, -0.2) is 0 Å². The van der Waals surface area contributed by atoms with Crippen molar-refractivity contribution in [2.24, 2.45) is 0 Å². The second-order valence-electron chi connectivity index (χ2n) is 6.19. The van der Waals surface area contributed by atoms with Gasteiger partial charge in [0.25, 0.3) is 0 Å². The minimum Gasteiger partial charge on any atom is -0.302 e. The molecule has 0 amide bonds. The van der Waals surface area contributed by atoms with Crippen molar-refractivity contribution in [3.8, 4) is 11.4 Å². The van der Waals surface area contributed by atoms with Crippen molar-refractivity contribution < 1.29 is 0 Å². The first kappa shape index (κ1) is 17.1. The zero-order valence-corrected chi connectivity index (χ0v) is 16.6. The molecule has 6 heteroatoms. The topological polar surface area (TPSA) is 30.7 Å². The molecule has 25 heavy (non-hydrogen) atoms. The number of halogens is 1. The van der Waals surface area contributed by atoms with Crippen LogP contribution in [-0.4, -0.2) is 14.8 Å². The molecule has 1 aliphatic rings. The third-order valence-electron chi connectivity index (χ3n) is 4.65. The summed E-state index contributed by atoms with van der Waals surface area (Å²) in [5.74, 6) is 1.82. The number of nitrogens with zero attached hydrogens (tertiary/aromatic N) is 3. The van der Waals surface area contributed by atoms with Gasteiger partial charge in [-0.2, -0.15) is 0 Å². The third-order valence-corrected chi connectivity index (χ3v) is 7.12. The van der Waals surface area contributed by atoms with Crippen molar-refractivity contribution in [1.82, 2.24) is 14.8 Å². The Morgan fingerprint density at radius 2 is 2.04 bits per heavy atom. The maximum Gasteiger partial charge on any atom is 0.191 e. The summed E-state index contributed by atoms with van der Waals surface area (Å²) in [6.07, 6.45) is 4.98. The molecular weight excluding hydrogens is 370 g/mol. The molecule has 4 rings (SSSR count). The Balaban J connectivity index is 1.61. The minimum atomic E-state index is 0.805. The highest BCUT2D eigenvalue weighted by Crippen LogP contribution is 2.37. The molecule has 0 radical (unpaired) electrons. The van der Waals surface area contributed by atoms with Crippen molar-refractivity contribution in [3.05, 3.63) is 50.7 Å². The number of rotatable bonds is 5. The number of fused-ring (bicyclic) bond motifs is 1. The predicted octanol–water partition coefficient (Wildman–Crippen LogP) is 5.85. The number of hydrogen-bond donors (Lipinski definition) is 0. The SMILES string of the molecule is CCn1c(SCc2ccccc2Cl)nnc1-c1csc2c1CCCC2. The van der Waals surface area contributed by atoms with Gasteiger partial charge in [0, 0.05) is 33.1 Å². The van der Waals surface area contributed by atoms with E-state index in [2.05, 4.69) is 33.1 Å². The van der Waals surface area contributed by atoms with Crippen LogP contribution in [0.4, 0.5) is 0 Å². The van der Waals surface area contributed by atoms with Crippen LogP contribution in [0.1, 0.15) is 35.8 Å². The normalized spacial score (nSPS) is 13.8. The maximum atomic E-state index is 6.28. The van der Waals surface area contributed by atoms with Gasteiger partial charge in [0.05, 0.1) is 0 Å². The average molecular weight is 390 g/mol. The van der Waals surface area contributed by atoms with Gasteiger partial charge in [0.2, 0.25) is 0 Å². The van der Waals surface area contributed by atoms with Crippen LogP contribution in [0, 0.1) is 0 Å². The highest BCUT2D eigenvalue weighted by molar-refractivity contribution is 7.98. The van der Waals surface area contributed by atoms with Gasteiger partial charge < -0.3 is 4.57 Å². The minimum absolute atomic E-state index is 0.805. The smallest absolute Gasteiger partial charge is 0.191 e. The molecule has 0 aliphatic heterocycles. The highest BCUT2D eigenvalue weighted by Gasteiger charge is 2.21. The summed E-state index contributed by atoms with van der Waals surface area (Å²) in [6, 6.07) is 7.99. The molecule has 2 aromatic heterocycles. The number of aryl methyl sites for hydroxylation is 1. The molecule has 130 valence electrons. The molecule has 3 nitrogen and oxygen atoms in total. The molecule has 0 saturated heterocycles. The van der Waals surface area contributed by atoms with Crippen LogP contribution in [0.5, 0.6) is 0 Å². The lowest BCUT2D eigenvalue weighted by molar-refractivity contribution is 0.680. The Morgan fingerprint density at radius 1 is 1.20 bits per heavy atom. The van der Waals surface area contributed by atoms with Gasteiger partial charge >= 0.3 is 0 Å². The van der Waals surface area contributed by atoms with E-state index in [-0.39, 0.29) is 0 Å².